The summed E-state index contributed by atoms with van der Waals surface area (Å²) in [5, 5.41) is 14.5. The minimum Gasteiger partial charge on any atom is -0.368 e. The van der Waals surface area contributed by atoms with E-state index in [0.717, 1.165) is 53.7 Å². The number of anilines is 1. The van der Waals surface area contributed by atoms with E-state index in [1.54, 1.807) is 12.3 Å². The van der Waals surface area contributed by atoms with Gasteiger partial charge < -0.3 is 10.6 Å². The van der Waals surface area contributed by atoms with E-state index in [-0.39, 0.29) is 11.6 Å². The molecule has 8 nitrogen and oxygen atoms in total. The Bertz CT molecular complexity index is 1630. The number of nitrogens with zero attached hydrogens (tertiary/aromatic N) is 7. The lowest BCUT2D eigenvalue weighted by atomic mass is 10.1. The number of benzene rings is 2. The smallest absolute Gasteiger partial charge is 0.167 e. The average molecular weight is 467 g/mol. The lowest BCUT2D eigenvalue weighted by Crippen LogP contribution is -2.42. The van der Waals surface area contributed by atoms with Crippen molar-refractivity contribution in [2.75, 3.05) is 18.0 Å². The van der Waals surface area contributed by atoms with Crippen LogP contribution in [0, 0.1) is 17.1 Å². The molecular weight excluding hydrogens is 443 g/mol. The first-order chi connectivity index (χ1) is 17.0. The summed E-state index contributed by atoms with van der Waals surface area (Å²) in [6.45, 7) is 1.64. The van der Waals surface area contributed by atoms with E-state index >= 15 is 0 Å². The molecule has 0 amide bonds. The van der Waals surface area contributed by atoms with Gasteiger partial charge in [-0.1, -0.05) is 0 Å². The molecule has 2 aromatic carbocycles. The van der Waals surface area contributed by atoms with Crippen LogP contribution in [0.1, 0.15) is 18.4 Å². The van der Waals surface area contributed by atoms with Gasteiger partial charge >= 0.3 is 0 Å². The SMILES string of the molecule is Cn1ncc2cc(-n3c(-c4ccc(C#N)c(F)c4)nc4c(N5CCCC(N)C5)ccnc43)ccc21. The van der Waals surface area contributed by atoms with Crippen molar-refractivity contribution in [3.05, 3.63) is 66.2 Å². The molecule has 9 heteroatoms. The molecule has 0 bridgehead atoms. The molecule has 0 aliphatic carbocycles. The summed E-state index contributed by atoms with van der Waals surface area (Å²) < 4.78 is 18.4. The molecule has 0 radical (unpaired) electrons. The van der Waals surface area contributed by atoms with Gasteiger partial charge in [0.1, 0.15) is 23.2 Å². The maximum atomic E-state index is 14.6. The topological polar surface area (TPSA) is 102 Å². The summed E-state index contributed by atoms with van der Waals surface area (Å²) >= 11 is 0. The molecule has 4 heterocycles. The van der Waals surface area contributed by atoms with E-state index < -0.39 is 5.82 Å². The van der Waals surface area contributed by atoms with Crippen LogP contribution in [0.3, 0.4) is 0 Å². The van der Waals surface area contributed by atoms with Crippen molar-refractivity contribution in [3.63, 3.8) is 0 Å². The van der Waals surface area contributed by atoms with Gasteiger partial charge in [0.2, 0.25) is 0 Å². The lowest BCUT2D eigenvalue weighted by molar-refractivity contribution is 0.507. The number of imidazole rings is 1. The number of fused-ring (bicyclic) bond motifs is 2. The van der Waals surface area contributed by atoms with Crippen molar-refractivity contribution < 1.29 is 4.39 Å². The van der Waals surface area contributed by atoms with Crippen LogP contribution in [-0.4, -0.2) is 43.4 Å². The fourth-order valence-electron chi connectivity index (χ4n) is 4.92. The van der Waals surface area contributed by atoms with Gasteiger partial charge in [0.05, 0.1) is 23.0 Å². The summed E-state index contributed by atoms with van der Waals surface area (Å²) in [5.41, 5.74) is 11.0. The predicted molar refractivity (Wildman–Crippen MR) is 133 cm³/mol. The van der Waals surface area contributed by atoms with E-state index in [1.165, 1.54) is 12.1 Å². The minimum atomic E-state index is -0.582. The lowest BCUT2D eigenvalue weighted by Gasteiger charge is -2.32. The zero-order valence-electron chi connectivity index (χ0n) is 19.2. The van der Waals surface area contributed by atoms with Gasteiger partial charge in [0, 0.05) is 49.0 Å². The second-order valence-corrected chi connectivity index (χ2v) is 8.94. The van der Waals surface area contributed by atoms with Gasteiger partial charge in [-0.3, -0.25) is 9.25 Å². The largest absolute Gasteiger partial charge is 0.368 e. The van der Waals surface area contributed by atoms with Gasteiger partial charge in [0.15, 0.2) is 5.65 Å². The highest BCUT2D eigenvalue weighted by Gasteiger charge is 2.24. The number of nitrogens with two attached hydrogens (primary N) is 1. The third-order valence-electron chi connectivity index (χ3n) is 6.66. The van der Waals surface area contributed by atoms with E-state index in [9.17, 15) is 9.65 Å². The summed E-state index contributed by atoms with van der Waals surface area (Å²) in [5.74, 6) is -0.0330. The molecule has 1 saturated heterocycles. The molecule has 0 saturated carbocycles. The van der Waals surface area contributed by atoms with Crippen LogP contribution in [0.25, 0.3) is 39.1 Å². The first kappa shape index (κ1) is 21.3. The zero-order chi connectivity index (χ0) is 24.1. The Balaban J connectivity index is 1.61. The normalized spacial score (nSPS) is 16.2. The van der Waals surface area contributed by atoms with Crippen LogP contribution in [0.2, 0.25) is 0 Å². The Labute approximate surface area is 201 Å². The van der Waals surface area contributed by atoms with E-state index in [4.69, 9.17) is 15.7 Å². The number of hydrogen-bond donors (Lipinski definition) is 1. The third kappa shape index (κ3) is 3.50. The van der Waals surface area contributed by atoms with E-state index in [1.807, 2.05) is 52.8 Å². The molecule has 2 N–H and O–H groups in total. The van der Waals surface area contributed by atoms with Gasteiger partial charge in [-0.05, 0) is 55.3 Å². The summed E-state index contributed by atoms with van der Waals surface area (Å²) in [4.78, 5) is 11.9. The predicted octanol–water partition coefficient (Wildman–Crippen LogP) is 3.91. The number of piperidine rings is 1. The van der Waals surface area contributed by atoms with Crippen molar-refractivity contribution in [3.8, 4) is 23.1 Å². The first-order valence-electron chi connectivity index (χ1n) is 11.5. The number of halogens is 1. The van der Waals surface area contributed by atoms with Crippen LogP contribution in [-0.2, 0) is 7.05 Å². The van der Waals surface area contributed by atoms with Crippen LogP contribution in [0.15, 0.2) is 54.9 Å². The highest BCUT2D eigenvalue weighted by molar-refractivity contribution is 5.91. The quantitative estimate of drug-likeness (QED) is 0.433. The first-order valence-corrected chi connectivity index (χ1v) is 11.5. The van der Waals surface area contributed by atoms with Crippen LogP contribution < -0.4 is 10.6 Å². The van der Waals surface area contributed by atoms with Gasteiger partial charge in [-0.15, -0.1) is 0 Å². The number of aromatic nitrogens is 5. The number of nitriles is 1. The third-order valence-corrected chi connectivity index (χ3v) is 6.66. The Hall–Kier alpha value is -4.29. The zero-order valence-corrected chi connectivity index (χ0v) is 19.2. The number of rotatable bonds is 3. The summed E-state index contributed by atoms with van der Waals surface area (Å²) in [6.07, 6.45) is 5.60. The molecule has 6 rings (SSSR count). The van der Waals surface area contributed by atoms with Crippen molar-refractivity contribution in [1.82, 2.24) is 24.3 Å². The molecule has 35 heavy (non-hydrogen) atoms. The second kappa shape index (κ2) is 8.18. The van der Waals surface area contributed by atoms with Crippen molar-refractivity contribution in [2.45, 2.75) is 18.9 Å². The van der Waals surface area contributed by atoms with Crippen molar-refractivity contribution >= 4 is 27.8 Å². The molecular formula is C26H23FN8. The second-order valence-electron chi connectivity index (χ2n) is 8.94. The van der Waals surface area contributed by atoms with Crippen LogP contribution in [0.5, 0.6) is 0 Å². The van der Waals surface area contributed by atoms with Crippen LogP contribution in [0.4, 0.5) is 10.1 Å². The van der Waals surface area contributed by atoms with Crippen LogP contribution >= 0.6 is 0 Å². The molecule has 0 spiro atoms. The highest BCUT2D eigenvalue weighted by atomic mass is 19.1. The van der Waals surface area contributed by atoms with Crippen molar-refractivity contribution in [2.24, 2.45) is 12.8 Å². The fraction of sp³-hybridized carbons (Fsp3) is 0.231. The monoisotopic (exact) mass is 466 g/mol. The molecule has 5 aromatic rings. The Morgan fingerprint density at radius 3 is 2.86 bits per heavy atom. The van der Waals surface area contributed by atoms with Gasteiger partial charge in [0.25, 0.3) is 0 Å². The average Bonchev–Trinajstić information content (AvgIpc) is 3.44. The molecule has 174 valence electrons. The van der Waals surface area contributed by atoms with Gasteiger partial charge in [-0.2, -0.15) is 10.4 Å². The van der Waals surface area contributed by atoms with Crippen molar-refractivity contribution in [1.29, 1.82) is 5.26 Å². The molecule has 1 aliphatic rings. The highest BCUT2D eigenvalue weighted by Crippen LogP contribution is 2.34. The maximum absolute atomic E-state index is 14.6. The minimum absolute atomic E-state index is 0.00527. The summed E-state index contributed by atoms with van der Waals surface area (Å²) in [7, 11) is 1.90. The Kier molecular flexibility index (Phi) is 4.97. The fourth-order valence-corrected chi connectivity index (χ4v) is 4.92. The Morgan fingerprint density at radius 2 is 2.06 bits per heavy atom. The Morgan fingerprint density at radius 1 is 1.17 bits per heavy atom. The number of hydrogen-bond acceptors (Lipinski definition) is 6. The van der Waals surface area contributed by atoms with E-state index in [0.29, 0.717) is 17.0 Å². The maximum Gasteiger partial charge on any atom is 0.167 e. The molecule has 1 fully saturated rings. The number of aryl methyl sites for hydroxylation is 1. The molecule has 1 atom stereocenters. The molecule has 1 unspecified atom stereocenters. The molecule has 3 aromatic heterocycles. The number of pyridine rings is 1. The van der Waals surface area contributed by atoms with Gasteiger partial charge in [-0.25, -0.2) is 14.4 Å². The standard InChI is InChI=1S/C26H23FN8/c1-33-22-7-6-20(11-18(22)14-31-33)35-25(16-4-5-17(13-28)21(27)12-16)32-24-23(8-9-30-26(24)35)34-10-2-3-19(29)15-34/h4-9,11-12,14,19H,2-3,10,15,29H2,1H3. The van der Waals surface area contributed by atoms with E-state index in [2.05, 4.69) is 10.00 Å². The molecule has 1 aliphatic heterocycles. The summed E-state index contributed by atoms with van der Waals surface area (Å²) in [6, 6.07) is 14.5.